The first kappa shape index (κ1) is 17.2. The molecule has 0 spiro atoms. The Morgan fingerprint density at radius 1 is 1.13 bits per heavy atom. The zero-order valence-electron chi connectivity index (χ0n) is 13.6. The average molecular weight is 331 g/mol. The second-order valence-corrected chi connectivity index (χ2v) is 6.28. The van der Waals surface area contributed by atoms with E-state index >= 15 is 0 Å². The maximum absolute atomic E-state index is 12.0. The second kappa shape index (κ2) is 7.92. The summed E-state index contributed by atoms with van der Waals surface area (Å²) in [4.78, 5) is 23.7. The first-order valence-corrected chi connectivity index (χ1v) is 8.51. The van der Waals surface area contributed by atoms with E-state index in [0.29, 0.717) is 24.3 Å². The molecule has 1 aromatic carbocycles. The van der Waals surface area contributed by atoms with Crippen LogP contribution in [-0.4, -0.2) is 18.4 Å². The van der Waals surface area contributed by atoms with Crippen LogP contribution in [0.5, 0.6) is 5.75 Å². The number of rotatable bonds is 6. The van der Waals surface area contributed by atoms with Gasteiger partial charge in [0, 0.05) is 23.9 Å². The van der Waals surface area contributed by atoms with Gasteiger partial charge in [-0.3, -0.25) is 9.59 Å². The molecule has 23 heavy (non-hydrogen) atoms. The van der Waals surface area contributed by atoms with Crippen LogP contribution in [0, 0.1) is 20.8 Å². The number of aryl methyl sites for hydroxylation is 2. The highest BCUT2D eigenvalue weighted by atomic mass is 32.1. The Bertz CT molecular complexity index is 693. The standard InChI is InChI=1S/C18H21NO3S/c1-12-6-7-13(2)17(14(12)3)22-16(20)5-4-9-19-18(21)15-8-10-23-11-15/h6-8,10-11H,4-5,9H2,1-3H3,(H,19,21). The van der Waals surface area contributed by atoms with Gasteiger partial charge in [0.25, 0.3) is 5.91 Å². The maximum Gasteiger partial charge on any atom is 0.311 e. The summed E-state index contributed by atoms with van der Waals surface area (Å²) in [6, 6.07) is 5.74. The predicted octanol–water partition coefficient (Wildman–Crippen LogP) is 3.79. The Morgan fingerprint density at radius 3 is 2.57 bits per heavy atom. The molecule has 0 saturated heterocycles. The van der Waals surface area contributed by atoms with Crippen LogP contribution in [0.25, 0.3) is 0 Å². The smallest absolute Gasteiger partial charge is 0.311 e. The van der Waals surface area contributed by atoms with Crippen molar-refractivity contribution < 1.29 is 14.3 Å². The van der Waals surface area contributed by atoms with E-state index in [9.17, 15) is 9.59 Å². The van der Waals surface area contributed by atoms with Gasteiger partial charge in [0.15, 0.2) is 0 Å². The van der Waals surface area contributed by atoms with Gasteiger partial charge in [-0.2, -0.15) is 11.3 Å². The van der Waals surface area contributed by atoms with Gasteiger partial charge in [-0.1, -0.05) is 12.1 Å². The Kier molecular flexibility index (Phi) is 5.93. The third kappa shape index (κ3) is 4.66. The van der Waals surface area contributed by atoms with Crippen molar-refractivity contribution in [2.24, 2.45) is 0 Å². The highest BCUT2D eigenvalue weighted by molar-refractivity contribution is 7.08. The Hall–Kier alpha value is -2.14. The molecule has 0 bridgehead atoms. The summed E-state index contributed by atoms with van der Waals surface area (Å²) >= 11 is 1.48. The number of esters is 1. The zero-order chi connectivity index (χ0) is 16.8. The van der Waals surface area contributed by atoms with E-state index in [1.165, 1.54) is 11.3 Å². The van der Waals surface area contributed by atoms with E-state index in [1.54, 1.807) is 11.4 Å². The summed E-state index contributed by atoms with van der Waals surface area (Å²) in [5.74, 6) is 0.272. The number of ether oxygens (including phenoxy) is 1. The van der Waals surface area contributed by atoms with Gasteiger partial charge in [0.1, 0.15) is 5.75 Å². The van der Waals surface area contributed by atoms with Crippen LogP contribution in [0.4, 0.5) is 0 Å². The quantitative estimate of drug-likeness (QED) is 0.498. The van der Waals surface area contributed by atoms with Gasteiger partial charge >= 0.3 is 5.97 Å². The van der Waals surface area contributed by atoms with Crippen molar-refractivity contribution in [3.63, 3.8) is 0 Å². The largest absolute Gasteiger partial charge is 0.426 e. The normalized spacial score (nSPS) is 10.4. The van der Waals surface area contributed by atoms with Crippen LogP contribution in [0.15, 0.2) is 29.0 Å². The first-order chi connectivity index (χ1) is 11.0. The number of nitrogens with one attached hydrogen (secondary N) is 1. The lowest BCUT2D eigenvalue weighted by Crippen LogP contribution is -2.24. The molecule has 0 aliphatic rings. The number of hydrogen-bond donors (Lipinski definition) is 1. The maximum atomic E-state index is 12.0. The van der Waals surface area contributed by atoms with Gasteiger partial charge in [-0.25, -0.2) is 0 Å². The molecule has 122 valence electrons. The summed E-state index contributed by atoms with van der Waals surface area (Å²) in [6.07, 6.45) is 0.829. The third-order valence-electron chi connectivity index (χ3n) is 3.72. The molecule has 1 amide bonds. The molecule has 4 nitrogen and oxygen atoms in total. The van der Waals surface area contributed by atoms with E-state index in [1.807, 2.05) is 38.3 Å². The number of hydrogen-bond acceptors (Lipinski definition) is 4. The number of benzene rings is 1. The number of carbonyl (C=O) groups excluding carboxylic acids is 2. The SMILES string of the molecule is Cc1ccc(C)c(OC(=O)CCCNC(=O)c2ccsc2)c1C. The van der Waals surface area contributed by atoms with Crippen LogP contribution in [0.3, 0.4) is 0 Å². The molecule has 0 aliphatic carbocycles. The Morgan fingerprint density at radius 2 is 1.87 bits per heavy atom. The molecular formula is C18H21NO3S. The van der Waals surface area contributed by atoms with Crippen molar-refractivity contribution in [3.8, 4) is 5.75 Å². The lowest BCUT2D eigenvalue weighted by atomic mass is 10.1. The van der Waals surface area contributed by atoms with Gasteiger partial charge in [0.2, 0.25) is 0 Å². The molecule has 2 aromatic rings. The molecule has 0 aliphatic heterocycles. The molecule has 0 saturated carbocycles. The molecule has 0 atom stereocenters. The predicted molar refractivity (Wildman–Crippen MR) is 92.2 cm³/mol. The summed E-state index contributed by atoms with van der Waals surface area (Å²) in [5, 5.41) is 6.45. The molecule has 1 aromatic heterocycles. The summed E-state index contributed by atoms with van der Waals surface area (Å²) < 4.78 is 5.49. The van der Waals surface area contributed by atoms with Crippen molar-refractivity contribution in [1.82, 2.24) is 5.32 Å². The highest BCUT2D eigenvalue weighted by Gasteiger charge is 2.12. The fraction of sp³-hybridized carbons (Fsp3) is 0.333. The van der Waals surface area contributed by atoms with E-state index in [4.69, 9.17) is 4.74 Å². The van der Waals surface area contributed by atoms with Crippen molar-refractivity contribution in [2.45, 2.75) is 33.6 Å². The molecular weight excluding hydrogens is 310 g/mol. The van der Waals surface area contributed by atoms with Gasteiger partial charge in [-0.15, -0.1) is 0 Å². The molecule has 0 fully saturated rings. The Labute approximate surface area is 140 Å². The second-order valence-electron chi connectivity index (χ2n) is 5.50. The highest BCUT2D eigenvalue weighted by Crippen LogP contribution is 2.26. The van der Waals surface area contributed by atoms with Crippen molar-refractivity contribution in [3.05, 3.63) is 51.2 Å². The minimum atomic E-state index is -0.272. The van der Waals surface area contributed by atoms with Crippen LogP contribution in [0.1, 0.15) is 39.9 Å². The minimum Gasteiger partial charge on any atom is -0.426 e. The topological polar surface area (TPSA) is 55.4 Å². The van der Waals surface area contributed by atoms with Gasteiger partial charge < -0.3 is 10.1 Å². The first-order valence-electron chi connectivity index (χ1n) is 7.57. The van der Waals surface area contributed by atoms with E-state index < -0.39 is 0 Å². The lowest BCUT2D eigenvalue weighted by molar-refractivity contribution is -0.134. The zero-order valence-corrected chi connectivity index (χ0v) is 14.5. The number of amides is 1. The van der Waals surface area contributed by atoms with E-state index in [0.717, 1.165) is 16.7 Å². The van der Waals surface area contributed by atoms with E-state index in [-0.39, 0.29) is 18.3 Å². The minimum absolute atomic E-state index is 0.106. The molecule has 1 N–H and O–H groups in total. The van der Waals surface area contributed by atoms with Crippen LogP contribution < -0.4 is 10.1 Å². The lowest BCUT2D eigenvalue weighted by Gasteiger charge is -2.12. The van der Waals surface area contributed by atoms with Gasteiger partial charge in [-0.05, 0) is 55.3 Å². The van der Waals surface area contributed by atoms with Crippen LogP contribution in [-0.2, 0) is 4.79 Å². The fourth-order valence-electron chi connectivity index (χ4n) is 2.18. The van der Waals surface area contributed by atoms with Crippen molar-refractivity contribution in [2.75, 3.05) is 6.54 Å². The Balaban J connectivity index is 1.78. The summed E-state index contributed by atoms with van der Waals surface area (Å²) in [7, 11) is 0. The van der Waals surface area contributed by atoms with Gasteiger partial charge in [0.05, 0.1) is 0 Å². The van der Waals surface area contributed by atoms with E-state index in [2.05, 4.69) is 5.32 Å². The average Bonchev–Trinajstić information content (AvgIpc) is 3.06. The molecule has 2 rings (SSSR count). The van der Waals surface area contributed by atoms with Crippen LogP contribution >= 0.6 is 11.3 Å². The molecule has 5 heteroatoms. The van der Waals surface area contributed by atoms with Crippen molar-refractivity contribution in [1.29, 1.82) is 0 Å². The monoisotopic (exact) mass is 331 g/mol. The molecule has 1 heterocycles. The summed E-state index contributed by atoms with van der Waals surface area (Å²) in [6.45, 7) is 6.32. The fourth-order valence-corrected chi connectivity index (χ4v) is 2.81. The van der Waals surface area contributed by atoms with Crippen molar-refractivity contribution >= 4 is 23.2 Å². The molecule has 0 unspecified atom stereocenters. The van der Waals surface area contributed by atoms with Crippen LogP contribution in [0.2, 0.25) is 0 Å². The summed E-state index contributed by atoms with van der Waals surface area (Å²) in [5.41, 5.74) is 3.70. The number of thiophene rings is 1. The number of carbonyl (C=O) groups is 2. The molecule has 0 radical (unpaired) electrons. The third-order valence-corrected chi connectivity index (χ3v) is 4.40.